The molecule has 3 rings (SSSR count). The van der Waals surface area contributed by atoms with E-state index in [1.54, 1.807) is 0 Å². The molecule has 2 heterocycles. The minimum atomic E-state index is 0.352. The van der Waals surface area contributed by atoms with Gasteiger partial charge >= 0.3 is 0 Å². The van der Waals surface area contributed by atoms with Gasteiger partial charge in [0, 0.05) is 62.7 Å². The van der Waals surface area contributed by atoms with E-state index in [1.807, 2.05) is 11.8 Å². The lowest BCUT2D eigenvalue weighted by molar-refractivity contribution is -0.133. The lowest BCUT2D eigenvalue weighted by atomic mass is 10.2. The SMILES string of the molecule is O=C(CC1CSCCN1)N1CCN(C2CC2)CC1. The first kappa shape index (κ1) is 12.8. The summed E-state index contributed by atoms with van der Waals surface area (Å²) < 4.78 is 0. The number of thioether (sulfide) groups is 1. The van der Waals surface area contributed by atoms with Crippen LogP contribution in [-0.2, 0) is 4.79 Å². The molecular weight excluding hydrogens is 246 g/mol. The maximum atomic E-state index is 12.2. The van der Waals surface area contributed by atoms with E-state index in [9.17, 15) is 4.79 Å². The highest BCUT2D eigenvalue weighted by molar-refractivity contribution is 7.99. The summed E-state index contributed by atoms with van der Waals surface area (Å²) >= 11 is 1.96. The molecule has 0 bridgehead atoms. The topological polar surface area (TPSA) is 35.6 Å². The number of hydrogen-bond acceptors (Lipinski definition) is 4. The zero-order valence-corrected chi connectivity index (χ0v) is 11.8. The third-order valence-electron chi connectivity index (χ3n) is 4.15. The normalized spacial score (nSPS) is 30.4. The highest BCUT2D eigenvalue weighted by atomic mass is 32.2. The molecule has 0 aromatic carbocycles. The Balaban J connectivity index is 1.42. The molecule has 3 fully saturated rings. The molecule has 0 aromatic rings. The van der Waals surface area contributed by atoms with Gasteiger partial charge in [-0.3, -0.25) is 9.69 Å². The van der Waals surface area contributed by atoms with Gasteiger partial charge in [-0.25, -0.2) is 0 Å². The summed E-state index contributed by atoms with van der Waals surface area (Å²) in [4.78, 5) is 16.8. The van der Waals surface area contributed by atoms with Crippen molar-refractivity contribution in [2.45, 2.75) is 31.3 Å². The maximum Gasteiger partial charge on any atom is 0.224 e. The number of nitrogens with zero attached hydrogens (tertiary/aromatic N) is 2. The van der Waals surface area contributed by atoms with E-state index < -0.39 is 0 Å². The molecule has 1 unspecified atom stereocenters. The molecule has 1 amide bonds. The predicted octanol–water partition coefficient (Wildman–Crippen LogP) is 0.388. The van der Waals surface area contributed by atoms with Gasteiger partial charge in [-0.1, -0.05) is 0 Å². The standard InChI is InChI=1S/C13H23N3OS/c17-13(9-11-10-18-8-3-14-11)16-6-4-15(5-7-16)12-1-2-12/h11-12,14H,1-10H2. The second-order valence-corrected chi connectivity index (χ2v) is 6.73. The van der Waals surface area contributed by atoms with E-state index in [0.717, 1.165) is 44.5 Å². The first-order chi connectivity index (χ1) is 8.83. The summed E-state index contributed by atoms with van der Waals surface area (Å²) in [6.07, 6.45) is 3.44. The minimum absolute atomic E-state index is 0.352. The fraction of sp³-hybridized carbons (Fsp3) is 0.923. The fourth-order valence-corrected chi connectivity index (χ4v) is 3.82. The van der Waals surface area contributed by atoms with Crippen LogP contribution in [0, 0.1) is 0 Å². The van der Waals surface area contributed by atoms with Crippen molar-refractivity contribution in [1.29, 1.82) is 0 Å². The number of rotatable bonds is 3. The average Bonchev–Trinajstić information content (AvgIpc) is 3.24. The van der Waals surface area contributed by atoms with Gasteiger partial charge in [0.25, 0.3) is 0 Å². The van der Waals surface area contributed by atoms with Crippen LogP contribution in [0.2, 0.25) is 0 Å². The van der Waals surface area contributed by atoms with E-state index in [1.165, 1.54) is 18.6 Å². The van der Waals surface area contributed by atoms with Crippen LogP contribution in [0.4, 0.5) is 0 Å². The van der Waals surface area contributed by atoms with Crippen LogP contribution in [0.25, 0.3) is 0 Å². The summed E-state index contributed by atoms with van der Waals surface area (Å²) in [6.45, 7) is 5.11. The summed E-state index contributed by atoms with van der Waals surface area (Å²) in [5.74, 6) is 2.63. The Labute approximate surface area is 113 Å². The van der Waals surface area contributed by atoms with Gasteiger partial charge in [0.15, 0.2) is 0 Å². The average molecular weight is 269 g/mol. The van der Waals surface area contributed by atoms with Crippen molar-refractivity contribution in [3.8, 4) is 0 Å². The molecule has 5 heteroatoms. The Morgan fingerprint density at radius 2 is 2.00 bits per heavy atom. The van der Waals surface area contributed by atoms with E-state index in [2.05, 4.69) is 15.1 Å². The molecule has 0 spiro atoms. The Bertz CT molecular complexity index is 295. The van der Waals surface area contributed by atoms with Crippen molar-refractivity contribution in [1.82, 2.24) is 15.1 Å². The first-order valence-corrected chi connectivity index (χ1v) is 8.31. The molecule has 2 saturated heterocycles. The maximum absolute atomic E-state index is 12.2. The molecule has 2 aliphatic heterocycles. The van der Waals surface area contributed by atoms with Crippen molar-refractivity contribution >= 4 is 17.7 Å². The molecule has 4 nitrogen and oxygen atoms in total. The number of hydrogen-bond donors (Lipinski definition) is 1. The van der Waals surface area contributed by atoms with E-state index in [-0.39, 0.29) is 0 Å². The van der Waals surface area contributed by atoms with E-state index >= 15 is 0 Å². The molecule has 1 atom stereocenters. The van der Waals surface area contributed by atoms with Crippen LogP contribution < -0.4 is 5.32 Å². The second-order valence-electron chi connectivity index (χ2n) is 5.58. The molecule has 1 aliphatic carbocycles. The van der Waals surface area contributed by atoms with Crippen LogP contribution in [-0.4, -0.2) is 72.0 Å². The Hall–Kier alpha value is -0.260. The van der Waals surface area contributed by atoms with Crippen LogP contribution in [0.3, 0.4) is 0 Å². The van der Waals surface area contributed by atoms with E-state index in [0.29, 0.717) is 18.4 Å². The molecule has 1 N–H and O–H groups in total. The van der Waals surface area contributed by atoms with Gasteiger partial charge in [0.1, 0.15) is 0 Å². The van der Waals surface area contributed by atoms with Gasteiger partial charge in [0.2, 0.25) is 5.91 Å². The summed E-state index contributed by atoms with van der Waals surface area (Å²) in [5.41, 5.74) is 0. The lowest BCUT2D eigenvalue weighted by Crippen LogP contribution is -2.51. The summed E-state index contributed by atoms with van der Waals surface area (Å²) in [7, 11) is 0. The van der Waals surface area contributed by atoms with Gasteiger partial charge in [-0.05, 0) is 12.8 Å². The molecule has 0 radical (unpaired) electrons. The van der Waals surface area contributed by atoms with E-state index in [4.69, 9.17) is 0 Å². The Kier molecular flexibility index (Phi) is 4.11. The number of carbonyl (C=O) groups is 1. The molecule has 102 valence electrons. The van der Waals surface area contributed by atoms with Crippen LogP contribution in [0.15, 0.2) is 0 Å². The molecule has 3 aliphatic rings. The highest BCUT2D eigenvalue weighted by Crippen LogP contribution is 2.27. The first-order valence-electron chi connectivity index (χ1n) is 7.16. The van der Waals surface area contributed by atoms with Crippen molar-refractivity contribution in [3.05, 3.63) is 0 Å². The van der Waals surface area contributed by atoms with Crippen LogP contribution in [0.5, 0.6) is 0 Å². The fourth-order valence-electron chi connectivity index (χ4n) is 2.87. The Morgan fingerprint density at radius 1 is 1.22 bits per heavy atom. The molecule has 1 saturated carbocycles. The largest absolute Gasteiger partial charge is 0.340 e. The zero-order chi connectivity index (χ0) is 12.4. The smallest absolute Gasteiger partial charge is 0.224 e. The summed E-state index contributed by atoms with van der Waals surface area (Å²) in [6, 6.07) is 1.25. The van der Waals surface area contributed by atoms with Crippen molar-refractivity contribution in [2.75, 3.05) is 44.2 Å². The molecule has 18 heavy (non-hydrogen) atoms. The summed E-state index contributed by atoms with van der Waals surface area (Å²) in [5, 5.41) is 3.45. The van der Waals surface area contributed by atoms with Crippen molar-refractivity contribution < 1.29 is 4.79 Å². The number of piperazine rings is 1. The van der Waals surface area contributed by atoms with Crippen molar-refractivity contribution in [2.24, 2.45) is 0 Å². The van der Waals surface area contributed by atoms with Crippen molar-refractivity contribution in [3.63, 3.8) is 0 Å². The third kappa shape index (κ3) is 3.19. The minimum Gasteiger partial charge on any atom is -0.340 e. The third-order valence-corrected chi connectivity index (χ3v) is 5.28. The van der Waals surface area contributed by atoms with Crippen LogP contribution >= 0.6 is 11.8 Å². The predicted molar refractivity (Wildman–Crippen MR) is 74.9 cm³/mol. The van der Waals surface area contributed by atoms with Gasteiger partial charge in [-0.15, -0.1) is 0 Å². The zero-order valence-electron chi connectivity index (χ0n) is 10.9. The Morgan fingerprint density at radius 3 is 2.61 bits per heavy atom. The van der Waals surface area contributed by atoms with Gasteiger partial charge in [-0.2, -0.15) is 11.8 Å². The lowest BCUT2D eigenvalue weighted by Gasteiger charge is -2.35. The highest BCUT2D eigenvalue weighted by Gasteiger charge is 2.32. The second kappa shape index (κ2) is 5.80. The van der Waals surface area contributed by atoms with Crippen LogP contribution in [0.1, 0.15) is 19.3 Å². The number of carbonyl (C=O) groups excluding carboxylic acids is 1. The monoisotopic (exact) mass is 269 g/mol. The quantitative estimate of drug-likeness (QED) is 0.804. The number of amides is 1. The molecular formula is C13H23N3OS. The van der Waals surface area contributed by atoms with Gasteiger partial charge in [0.05, 0.1) is 0 Å². The molecule has 0 aromatic heterocycles. The number of nitrogens with one attached hydrogen (secondary N) is 1. The van der Waals surface area contributed by atoms with Gasteiger partial charge < -0.3 is 10.2 Å².